The van der Waals surface area contributed by atoms with Crippen molar-refractivity contribution < 1.29 is 4.79 Å². The highest BCUT2D eigenvalue weighted by atomic mass is 32.2. The van der Waals surface area contributed by atoms with Gasteiger partial charge in [-0.25, -0.2) is 0 Å². The maximum atomic E-state index is 11.6. The highest BCUT2D eigenvalue weighted by Gasteiger charge is 1.96. The predicted molar refractivity (Wildman–Crippen MR) is 88.1 cm³/mol. The predicted octanol–water partition coefficient (Wildman–Crippen LogP) is 4.06. The monoisotopic (exact) mass is 303 g/mol. The molecular weight excluding hydrogens is 286 g/mol. The van der Waals surface area contributed by atoms with E-state index in [1.807, 2.05) is 53.5 Å². The van der Waals surface area contributed by atoms with Crippen molar-refractivity contribution in [1.82, 2.24) is 5.32 Å². The smallest absolute Gasteiger partial charge is 0.244 e. The van der Waals surface area contributed by atoms with Crippen LogP contribution in [0.3, 0.4) is 0 Å². The summed E-state index contributed by atoms with van der Waals surface area (Å²) in [5, 5.41) is 4.90. The first-order valence-corrected chi connectivity index (χ1v) is 8.38. The van der Waals surface area contributed by atoms with Crippen LogP contribution in [-0.4, -0.2) is 18.2 Å². The molecule has 104 valence electrons. The van der Waals surface area contributed by atoms with Crippen LogP contribution in [-0.2, 0) is 4.79 Å². The molecule has 0 unspecified atom stereocenters. The highest BCUT2D eigenvalue weighted by Crippen LogP contribution is 2.17. The Kier molecular flexibility index (Phi) is 6.41. The standard InChI is InChI=1S/C16H17NOS2/c18-16(10-9-15-8-4-12-19-15)17-11-5-13-20-14-6-2-1-3-7-14/h1-4,6-10,12H,5,11,13H2,(H,17,18)/b10-9+. The number of nitrogens with one attached hydrogen (secondary N) is 1. The number of thiophene rings is 1. The van der Waals surface area contributed by atoms with Crippen molar-refractivity contribution in [3.63, 3.8) is 0 Å². The van der Waals surface area contributed by atoms with E-state index in [0.717, 1.165) is 17.1 Å². The van der Waals surface area contributed by atoms with E-state index in [2.05, 4.69) is 17.4 Å². The van der Waals surface area contributed by atoms with Crippen LogP contribution in [0.1, 0.15) is 11.3 Å². The molecule has 0 aliphatic heterocycles. The molecule has 4 heteroatoms. The van der Waals surface area contributed by atoms with Crippen molar-refractivity contribution in [2.45, 2.75) is 11.3 Å². The first-order valence-electron chi connectivity index (χ1n) is 6.52. The van der Waals surface area contributed by atoms with Gasteiger partial charge in [0, 0.05) is 22.4 Å². The number of benzene rings is 1. The van der Waals surface area contributed by atoms with Gasteiger partial charge < -0.3 is 5.32 Å². The topological polar surface area (TPSA) is 29.1 Å². The molecule has 20 heavy (non-hydrogen) atoms. The van der Waals surface area contributed by atoms with Gasteiger partial charge in [-0.3, -0.25) is 4.79 Å². The van der Waals surface area contributed by atoms with Gasteiger partial charge in [0.15, 0.2) is 0 Å². The molecule has 1 heterocycles. The summed E-state index contributed by atoms with van der Waals surface area (Å²) in [5.41, 5.74) is 0. The average molecular weight is 303 g/mol. The van der Waals surface area contributed by atoms with E-state index in [1.165, 1.54) is 4.90 Å². The number of hydrogen-bond donors (Lipinski definition) is 1. The molecule has 2 rings (SSSR count). The van der Waals surface area contributed by atoms with E-state index >= 15 is 0 Å². The second kappa shape index (κ2) is 8.61. The van der Waals surface area contributed by atoms with Crippen LogP contribution in [0.15, 0.2) is 58.8 Å². The third-order valence-corrected chi connectivity index (χ3v) is 4.51. The fourth-order valence-electron chi connectivity index (χ4n) is 1.59. The lowest BCUT2D eigenvalue weighted by atomic mass is 10.4. The second-order valence-electron chi connectivity index (χ2n) is 4.15. The molecule has 0 aliphatic rings. The second-order valence-corrected chi connectivity index (χ2v) is 6.30. The van der Waals surface area contributed by atoms with Crippen LogP contribution < -0.4 is 5.32 Å². The van der Waals surface area contributed by atoms with Gasteiger partial charge >= 0.3 is 0 Å². The minimum atomic E-state index is -0.0249. The molecule has 0 saturated carbocycles. The zero-order chi connectivity index (χ0) is 14.0. The Bertz CT molecular complexity index is 535. The number of hydrogen-bond acceptors (Lipinski definition) is 3. The quantitative estimate of drug-likeness (QED) is 0.475. The maximum absolute atomic E-state index is 11.6. The van der Waals surface area contributed by atoms with Gasteiger partial charge in [0.25, 0.3) is 0 Å². The van der Waals surface area contributed by atoms with Crippen LogP contribution in [0, 0.1) is 0 Å². The van der Waals surface area contributed by atoms with Crippen LogP contribution in [0.2, 0.25) is 0 Å². The van der Waals surface area contributed by atoms with Gasteiger partial charge in [-0.15, -0.1) is 23.1 Å². The van der Waals surface area contributed by atoms with E-state index in [-0.39, 0.29) is 5.91 Å². The molecular formula is C16H17NOS2. The highest BCUT2D eigenvalue weighted by molar-refractivity contribution is 7.99. The molecule has 0 bridgehead atoms. The van der Waals surface area contributed by atoms with Crippen molar-refractivity contribution in [2.24, 2.45) is 0 Å². The van der Waals surface area contributed by atoms with Gasteiger partial charge in [0.1, 0.15) is 0 Å². The first-order chi connectivity index (χ1) is 9.84. The van der Waals surface area contributed by atoms with Gasteiger partial charge in [-0.05, 0) is 41.8 Å². The average Bonchev–Trinajstić information content (AvgIpc) is 2.99. The van der Waals surface area contributed by atoms with Crippen LogP contribution in [0.4, 0.5) is 0 Å². The Morgan fingerprint density at radius 3 is 2.80 bits per heavy atom. The normalized spacial score (nSPS) is 10.8. The zero-order valence-corrected chi connectivity index (χ0v) is 12.8. The van der Waals surface area contributed by atoms with E-state index < -0.39 is 0 Å². The molecule has 1 aromatic heterocycles. The van der Waals surface area contributed by atoms with Crippen molar-refractivity contribution in [2.75, 3.05) is 12.3 Å². The summed E-state index contributed by atoms with van der Waals surface area (Å²) >= 11 is 3.44. The maximum Gasteiger partial charge on any atom is 0.244 e. The number of carbonyl (C=O) groups excluding carboxylic acids is 1. The Morgan fingerprint density at radius 1 is 1.20 bits per heavy atom. The van der Waals surface area contributed by atoms with Gasteiger partial charge in [0.05, 0.1) is 0 Å². The van der Waals surface area contributed by atoms with Crippen LogP contribution in [0.25, 0.3) is 6.08 Å². The van der Waals surface area contributed by atoms with Gasteiger partial charge in [0.2, 0.25) is 5.91 Å². The Morgan fingerprint density at radius 2 is 2.05 bits per heavy atom. The van der Waals surface area contributed by atoms with Gasteiger partial charge in [-0.2, -0.15) is 0 Å². The third kappa shape index (κ3) is 5.63. The molecule has 1 aromatic carbocycles. The summed E-state index contributed by atoms with van der Waals surface area (Å²) in [6.07, 6.45) is 4.41. The molecule has 1 N–H and O–H groups in total. The number of thioether (sulfide) groups is 1. The molecule has 0 fully saturated rings. The SMILES string of the molecule is O=C(/C=C/c1cccs1)NCCCSc1ccccc1. The van der Waals surface area contributed by atoms with E-state index in [0.29, 0.717) is 6.54 Å². The lowest BCUT2D eigenvalue weighted by molar-refractivity contribution is -0.116. The Balaban J connectivity index is 1.58. The van der Waals surface area contributed by atoms with E-state index in [4.69, 9.17) is 0 Å². The Labute approximate surface area is 127 Å². The minimum Gasteiger partial charge on any atom is -0.353 e. The van der Waals surface area contributed by atoms with Crippen LogP contribution >= 0.6 is 23.1 Å². The fraction of sp³-hybridized carbons (Fsp3) is 0.188. The molecule has 0 radical (unpaired) electrons. The summed E-state index contributed by atoms with van der Waals surface area (Å²) in [4.78, 5) is 13.9. The number of rotatable bonds is 7. The molecule has 0 spiro atoms. The summed E-state index contributed by atoms with van der Waals surface area (Å²) in [7, 11) is 0. The van der Waals surface area contributed by atoms with E-state index in [1.54, 1.807) is 17.4 Å². The van der Waals surface area contributed by atoms with Crippen molar-refractivity contribution in [3.8, 4) is 0 Å². The van der Waals surface area contributed by atoms with Crippen molar-refractivity contribution in [3.05, 3.63) is 58.8 Å². The lowest BCUT2D eigenvalue weighted by Gasteiger charge is -2.02. The number of carbonyl (C=O) groups is 1. The van der Waals surface area contributed by atoms with Crippen molar-refractivity contribution in [1.29, 1.82) is 0 Å². The summed E-state index contributed by atoms with van der Waals surface area (Å²) < 4.78 is 0. The summed E-state index contributed by atoms with van der Waals surface area (Å²) in [6, 6.07) is 14.3. The fourth-order valence-corrected chi connectivity index (χ4v) is 3.09. The zero-order valence-electron chi connectivity index (χ0n) is 11.1. The first kappa shape index (κ1) is 14.9. The molecule has 0 atom stereocenters. The molecule has 0 aliphatic carbocycles. The lowest BCUT2D eigenvalue weighted by Crippen LogP contribution is -2.22. The summed E-state index contributed by atoms with van der Waals surface area (Å²) in [6.45, 7) is 0.716. The Hall–Kier alpha value is -1.52. The third-order valence-electron chi connectivity index (χ3n) is 2.57. The number of amides is 1. The molecule has 2 aromatic rings. The van der Waals surface area contributed by atoms with Crippen LogP contribution in [0.5, 0.6) is 0 Å². The molecule has 2 nitrogen and oxygen atoms in total. The molecule has 1 amide bonds. The van der Waals surface area contributed by atoms with Crippen molar-refractivity contribution >= 4 is 35.1 Å². The molecule has 0 saturated heterocycles. The van der Waals surface area contributed by atoms with Gasteiger partial charge in [-0.1, -0.05) is 24.3 Å². The van der Waals surface area contributed by atoms with E-state index in [9.17, 15) is 4.79 Å². The largest absolute Gasteiger partial charge is 0.353 e. The summed E-state index contributed by atoms with van der Waals surface area (Å²) in [5.74, 6) is 0.988. The minimum absolute atomic E-state index is 0.0249.